The molecule has 4 aromatic carbocycles. The zero-order chi connectivity index (χ0) is 33.0. The van der Waals surface area contributed by atoms with Gasteiger partial charge in [-0.15, -0.1) is 5.06 Å². The van der Waals surface area contributed by atoms with Gasteiger partial charge in [0.15, 0.2) is 0 Å². The van der Waals surface area contributed by atoms with Gasteiger partial charge < -0.3 is 24.6 Å². The van der Waals surface area contributed by atoms with Crippen molar-refractivity contribution >= 4 is 56.7 Å². The first-order valence-electron chi connectivity index (χ1n) is 14.3. The highest BCUT2D eigenvalue weighted by molar-refractivity contribution is 6.09. The van der Waals surface area contributed by atoms with Crippen LogP contribution in [-0.4, -0.2) is 48.3 Å². The summed E-state index contributed by atoms with van der Waals surface area (Å²) in [7, 11) is 1.56. The van der Waals surface area contributed by atoms with Crippen LogP contribution in [0.4, 0.5) is 36.1 Å². The molecule has 6 aromatic rings. The molecule has 10 nitrogen and oxygen atoms in total. The molecule has 0 aliphatic heterocycles. The third kappa shape index (κ3) is 6.84. The van der Waals surface area contributed by atoms with Crippen LogP contribution >= 0.6 is 0 Å². The number of methoxy groups -OCH3 is 1. The quantitative estimate of drug-likeness (QED) is 0.122. The van der Waals surface area contributed by atoms with Gasteiger partial charge in [-0.3, -0.25) is 4.79 Å². The number of furan rings is 1. The molecular formula is C34H26F3N5O5. The van der Waals surface area contributed by atoms with Gasteiger partial charge in [0.25, 0.3) is 5.91 Å². The van der Waals surface area contributed by atoms with Gasteiger partial charge in [-0.25, -0.2) is 14.8 Å². The van der Waals surface area contributed by atoms with Gasteiger partial charge in [0.1, 0.15) is 23.3 Å². The van der Waals surface area contributed by atoms with Crippen molar-refractivity contribution in [3.05, 3.63) is 109 Å². The minimum atomic E-state index is -5.33. The van der Waals surface area contributed by atoms with Gasteiger partial charge in [-0.1, -0.05) is 30.3 Å². The fourth-order valence-electron chi connectivity index (χ4n) is 4.84. The van der Waals surface area contributed by atoms with Crippen molar-refractivity contribution in [3.63, 3.8) is 0 Å². The molecule has 2 N–H and O–H groups in total. The Hall–Kier alpha value is -5.95. The van der Waals surface area contributed by atoms with Crippen molar-refractivity contribution in [2.45, 2.75) is 6.18 Å². The first-order chi connectivity index (χ1) is 22.7. The number of alkyl halides is 3. The Labute approximate surface area is 265 Å². The number of aromatic nitrogens is 2. The summed E-state index contributed by atoms with van der Waals surface area (Å²) in [5.41, 5.74) is 3.82. The summed E-state index contributed by atoms with van der Waals surface area (Å²) >= 11 is 0. The molecule has 47 heavy (non-hydrogen) atoms. The van der Waals surface area contributed by atoms with Crippen molar-refractivity contribution in [3.8, 4) is 11.3 Å². The summed E-state index contributed by atoms with van der Waals surface area (Å²) in [6, 6.07) is 26.9. The van der Waals surface area contributed by atoms with Crippen LogP contribution < -0.4 is 15.7 Å². The van der Waals surface area contributed by atoms with E-state index in [-0.39, 0.29) is 11.3 Å². The Morgan fingerprint density at radius 1 is 0.872 bits per heavy atom. The Morgan fingerprint density at radius 3 is 2.34 bits per heavy atom. The Bertz CT molecular complexity index is 2050. The molecular weight excluding hydrogens is 615 g/mol. The second kappa shape index (κ2) is 13.2. The standard InChI is InChI=1S/C34H26F3N5O5/c1-45-18-17-38-22-11-9-21(10-12-22)32(43)42(47-33(44)34(35,36)37)24-15-13-23(14-16-24)41-30-19-28(39-20-40-30)27-7-4-6-26-25-5-2-3-8-29(25)46-31(26)27/h2-16,19-20,38H,17-18H2,1H3,(H,39,40,41). The van der Waals surface area contributed by atoms with Crippen molar-refractivity contribution < 1.29 is 36.8 Å². The molecule has 0 saturated heterocycles. The maximum absolute atomic E-state index is 13.3. The molecule has 2 heterocycles. The topological polar surface area (TPSA) is 119 Å². The second-order valence-corrected chi connectivity index (χ2v) is 10.2. The van der Waals surface area contributed by atoms with Crippen LogP contribution in [-0.2, 0) is 14.4 Å². The summed E-state index contributed by atoms with van der Waals surface area (Å²) in [4.78, 5) is 38.3. The molecule has 0 atom stereocenters. The summed E-state index contributed by atoms with van der Waals surface area (Å²) in [6.07, 6.45) is -3.94. The number of carbonyl (C=O) groups is 2. The number of fused-ring (bicyclic) bond motifs is 3. The van der Waals surface area contributed by atoms with Gasteiger partial charge in [-0.2, -0.15) is 13.2 Å². The van der Waals surface area contributed by atoms with E-state index in [1.54, 1.807) is 25.3 Å². The third-order valence-corrected chi connectivity index (χ3v) is 7.08. The van der Waals surface area contributed by atoms with Gasteiger partial charge in [0.2, 0.25) is 0 Å². The number of benzene rings is 4. The number of hydrogen-bond acceptors (Lipinski definition) is 9. The van der Waals surface area contributed by atoms with E-state index in [9.17, 15) is 22.8 Å². The Kier molecular flexibility index (Phi) is 8.71. The zero-order valence-corrected chi connectivity index (χ0v) is 24.7. The number of carbonyl (C=O) groups excluding carboxylic acids is 2. The lowest BCUT2D eigenvalue weighted by Crippen LogP contribution is -2.38. The lowest BCUT2D eigenvalue weighted by atomic mass is 10.1. The molecule has 6 rings (SSSR count). The number of amides is 1. The zero-order valence-electron chi connectivity index (χ0n) is 24.7. The molecule has 2 aromatic heterocycles. The fraction of sp³-hybridized carbons (Fsp3) is 0.118. The maximum atomic E-state index is 13.3. The molecule has 1 amide bonds. The second-order valence-electron chi connectivity index (χ2n) is 10.2. The molecule has 0 fully saturated rings. The highest BCUT2D eigenvalue weighted by Crippen LogP contribution is 2.35. The first kappa shape index (κ1) is 31.0. The summed E-state index contributed by atoms with van der Waals surface area (Å²) in [5, 5.41) is 8.43. The predicted octanol–water partition coefficient (Wildman–Crippen LogP) is 7.51. The lowest BCUT2D eigenvalue weighted by Gasteiger charge is -2.22. The van der Waals surface area contributed by atoms with E-state index in [1.165, 1.54) is 42.7 Å². The first-order valence-corrected chi connectivity index (χ1v) is 14.3. The lowest BCUT2D eigenvalue weighted by molar-refractivity contribution is -0.199. The third-order valence-electron chi connectivity index (χ3n) is 7.08. The number of hydrogen-bond donors (Lipinski definition) is 2. The van der Waals surface area contributed by atoms with Gasteiger partial charge in [-0.05, 0) is 60.7 Å². The number of nitrogens with one attached hydrogen (secondary N) is 2. The Balaban J connectivity index is 1.23. The average Bonchev–Trinajstić information content (AvgIpc) is 3.46. The van der Waals surface area contributed by atoms with Crippen molar-refractivity contribution in [2.75, 3.05) is 36.0 Å². The van der Waals surface area contributed by atoms with E-state index in [0.29, 0.717) is 46.7 Å². The number of hydroxylamine groups is 1. The van der Waals surface area contributed by atoms with E-state index >= 15 is 0 Å². The number of ether oxygens (including phenoxy) is 1. The smallest absolute Gasteiger partial charge is 0.455 e. The van der Waals surface area contributed by atoms with Crippen LogP contribution in [0.5, 0.6) is 0 Å². The number of halogens is 3. The average molecular weight is 642 g/mol. The number of para-hydroxylation sites is 2. The SMILES string of the molecule is COCCNc1ccc(C(=O)N(OC(=O)C(F)(F)F)c2ccc(Nc3cc(-c4cccc5c4oc4ccccc45)ncn3)cc2)cc1. The molecule has 0 saturated carbocycles. The van der Waals surface area contributed by atoms with E-state index in [1.807, 2.05) is 42.5 Å². The van der Waals surface area contributed by atoms with Gasteiger partial charge in [0.05, 0.1) is 18.0 Å². The van der Waals surface area contributed by atoms with E-state index in [0.717, 1.165) is 21.9 Å². The largest absolute Gasteiger partial charge is 0.493 e. The van der Waals surface area contributed by atoms with E-state index in [4.69, 9.17) is 9.15 Å². The van der Waals surface area contributed by atoms with E-state index in [2.05, 4.69) is 25.4 Å². The normalized spacial score (nSPS) is 11.4. The van der Waals surface area contributed by atoms with Crippen molar-refractivity contribution in [2.24, 2.45) is 0 Å². The summed E-state index contributed by atoms with van der Waals surface area (Å²) in [6.45, 7) is 0.956. The fourth-order valence-corrected chi connectivity index (χ4v) is 4.84. The van der Waals surface area contributed by atoms with Crippen LogP contribution in [0.3, 0.4) is 0 Å². The molecule has 0 bridgehead atoms. The van der Waals surface area contributed by atoms with Crippen molar-refractivity contribution in [1.82, 2.24) is 9.97 Å². The van der Waals surface area contributed by atoms with Gasteiger partial charge >= 0.3 is 12.1 Å². The monoisotopic (exact) mass is 641 g/mol. The molecule has 238 valence electrons. The van der Waals surface area contributed by atoms with Crippen LogP contribution in [0.25, 0.3) is 33.2 Å². The van der Waals surface area contributed by atoms with Crippen LogP contribution in [0.2, 0.25) is 0 Å². The molecule has 0 radical (unpaired) electrons. The number of anilines is 4. The number of rotatable bonds is 9. The molecule has 0 aliphatic carbocycles. The van der Waals surface area contributed by atoms with E-state index < -0.39 is 18.1 Å². The molecule has 0 unspecified atom stereocenters. The molecule has 13 heteroatoms. The van der Waals surface area contributed by atoms with Crippen LogP contribution in [0.15, 0.2) is 108 Å². The van der Waals surface area contributed by atoms with Gasteiger partial charge in [0, 0.05) is 53.0 Å². The summed E-state index contributed by atoms with van der Waals surface area (Å²) < 4.78 is 50.5. The van der Waals surface area contributed by atoms with Crippen LogP contribution in [0.1, 0.15) is 10.4 Å². The van der Waals surface area contributed by atoms with Crippen LogP contribution in [0, 0.1) is 0 Å². The highest BCUT2D eigenvalue weighted by atomic mass is 19.4. The maximum Gasteiger partial charge on any atom is 0.493 e. The summed E-state index contributed by atoms with van der Waals surface area (Å²) in [5.74, 6) is -3.10. The number of nitrogens with zero attached hydrogens (tertiary/aromatic N) is 3. The highest BCUT2D eigenvalue weighted by Gasteiger charge is 2.44. The van der Waals surface area contributed by atoms with Crippen molar-refractivity contribution in [1.29, 1.82) is 0 Å². The molecule has 0 spiro atoms. The minimum Gasteiger partial charge on any atom is -0.455 e. The molecule has 0 aliphatic rings. The Morgan fingerprint density at radius 2 is 1.60 bits per heavy atom. The minimum absolute atomic E-state index is 0.00699. The predicted molar refractivity (Wildman–Crippen MR) is 170 cm³/mol.